The minimum absolute atomic E-state index is 0.232. The Hall–Kier alpha value is -2.83. The number of allylic oxidation sites excluding steroid dienone is 1. The first kappa shape index (κ1) is 23.4. The van der Waals surface area contributed by atoms with Crippen molar-refractivity contribution in [2.45, 2.75) is 71.5 Å². The lowest BCUT2D eigenvalue weighted by molar-refractivity contribution is -0.129. The van der Waals surface area contributed by atoms with Gasteiger partial charge in [0.2, 0.25) is 0 Å². The zero-order valence-corrected chi connectivity index (χ0v) is 18.2. The Morgan fingerprint density at radius 2 is 1.93 bits per heavy atom. The predicted octanol–water partition coefficient (Wildman–Crippen LogP) is 4.59. The fourth-order valence-corrected chi connectivity index (χ4v) is 3.05. The summed E-state index contributed by atoms with van der Waals surface area (Å²) in [4.78, 5) is 36.5. The van der Waals surface area contributed by atoms with Crippen LogP contribution >= 0.6 is 0 Å². The Kier molecular flexibility index (Phi) is 8.45. The first-order chi connectivity index (χ1) is 14.1. The molecule has 0 unspecified atom stereocenters. The first-order valence-corrected chi connectivity index (χ1v) is 10.4. The van der Waals surface area contributed by atoms with E-state index < -0.39 is 23.8 Å². The SMILES string of the molecule is C[C@@H](OC(=O)c1cccc(NC(=O)OC(C)(C)C)c1)C(=O)NCCC1=CCCCC1. The molecule has 7 heteroatoms. The average Bonchev–Trinajstić information content (AvgIpc) is 2.67. The Labute approximate surface area is 178 Å². The summed E-state index contributed by atoms with van der Waals surface area (Å²) >= 11 is 0. The first-order valence-electron chi connectivity index (χ1n) is 10.4. The number of hydrogen-bond donors (Lipinski definition) is 2. The minimum Gasteiger partial charge on any atom is -0.449 e. The van der Waals surface area contributed by atoms with Crippen molar-refractivity contribution in [3.8, 4) is 0 Å². The molecule has 0 bridgehead atoms. The third-order valence-electron chi connectivity index (χ3n) is 4.53. The van der Waals surface area contributed by atoms with Crippen LogP contribution in [0.5, 0.6) is 0 Å². The van der Waals surface area contributed by atoms with Gasteiger partial charge in [-0.2, -0.15) is 0 Å². The average molecular weight is 417 g/mol. The zero-order chi connectivity index (χ0) is 22.1. The zero-order valence-electron chi connectivity index (χ0n) is 18.2. The van der Waals surface area contributed by atoms with Gasteiger partial charge in [0.05, 0.1) is 5.56 Å². The lowest BCUT2D eigenvalue weighted by Gasteiger charge is -2.19. The molecule has 1 aromatic carbocycles. The van der Waals surface area contributed by atoms with E-state index in [-0.39, 0.29) is 11.5 Å². The maximum Gasteiger partial charge on any atom is 0.412 e. The highest BCUT2D eigenvalue weighted by Crippen LogP contribution is 2.19. The number of anilines is 1. The summed E-state index contributed by atoms with van der Waals surface area (Å²) in [6.07, 6.45) is 6.18. The molecule has 1 aliphatic carbocycles. The van der Waals surface area contributed by atoms with E-state index in [1.807, 2.05) is 0 Å². The van der Waals surface area contributed by atoms with Gasteiger partial charge in [-0.1, -0.05) is 17.7 Å². The highest BCUT2D eigenvalue weighted by Gasteiger charge is 2.20. The number of esters is 1. The number of ether oxygens (including phenoxy) is 2. The van der Waals surface area contributed by atoms with Crippen molar-refractivity contribution in [1.82, 2.24) is 5.32 Å². The molecule has 0 aromatic heterocycles. The molecule has 0 fully saturated rings. The van der Waals surface area contributed by atoms with Crippen molar-refractivity contribution in [2.24, 2.45) is 0 Å². The fourth-order valence-electron chi connectivity index (χ4n) is 3.05. The quantitative estimate of drug-likeness (QED) is 0.501. The number of amides is 2. The summed E-state index contributed by atoms with van der Waals surface area (Å²) in [7, 11) is 0. The number of hydrogen-bond acceptors (Lipinski definition) is 5. The van der Waals surface area contributed by atoms with Crippen molar-refractivity contribution in [2.75, 3.05) is 11.9 Å². The second-order valence-corrected chi connectivity index (χ2v) is 8.40. The third kappa shape index (κ3) is 8.27. The van der Waals surface area contributed by atoms with E-state index in [2.05, 4.69) is 16.7 Å². The smallest absolute Gasteiger partial charge is 0.412 e. The number of carbonyl (C=O) groups excluding carboxylic acids is 3. The summed E-state index contributed by atoms with van der Waals surface area (Å²) < 4.78 is 10.5. The van der Waals surface area contributed by atoms with Crippen LogP contribution in [0.2, 0.25) is 0 Å². The van der Waals surface area contributed by atoms with Crippen molar-refractivity contribution < 1.29 is 23.9 Å². The summed E-state index contributed by atoms with van der Waals surface area (Å²) in [5, 5.41) is 5.39. The Bertz CT molecular complexity index is 795. The summed E-state index contributed by atoms with van der Waals surface area (Å²) in [5.41, 5.74) is 1.38. The van der Waals surface area contributed by atoms with Gasteiger partial charge in [-0.15, -0.1) is 0 Å². The summed E-state index contributed by atoms with van der Waals surface area (Å²) in [5.74, 6) is -0.969. The van der Waals surface area contributed by atoms with Gasteiger partial charge < -0.3 is 14.8 Å². The summed E-state index contributed by atoms with van der Waals surface area (Å²) in [6.45, 7) is 7.36. The van der Waals surface area contributed by atoms with Crippen LogP contribution in [0.3, 0.4) is 0 Å². The van der Waals surface area contributed by atoms with Crippen LogP contribution in [-0.2, 0) is 14.3 Å². The van der Waals surface area contributed by atoms with Gasteiger partial charge >= 0.3 is 12.1 Å². The molecule has 1 atom stereocenters. The van der Waals surface area contributed by atoms with Gasteiger partial charge in [0.15, 0.2) is 6.10 Å². The lowest BCUT2D eigenvalue weighted by atomic mass is 9.97. The molecule has 1 aromatic rings. The Morgan fingerprint density at radius 1 is 1.17 bits per heavy atom. The van der Waals surface area contributed by atoms with Crippen LogP contribution in [0.15, 0.2) is 35.9 Å². The van der Waals surface area contributed by atoms with Crippen LogP contribution in [0.4, 0.5) is 10.5 Å². The van der Waals surface area contributed by atoms with E-state index in [1.54, 1.807) is 39.0 Å². The van der Waals surface area contributed by atoms with Gasteiger partial charge in [0, 0.05) is 12.2 Å². The fraction of sp³-hybridized carbons (Fsp3) is 0.522. The molecule has 0 spiro atoms. The maximum atomic E-state index is 12.4. The second-order valence-electron chi connectivity index (χ2n) is 8.40. The molecule has 0 aliphatic heterocycles. The monoisotopic (exact) mass is 416 g/mol. The molecule has 2 rings (SSSR count). The van der Waals surface area contributed by atoms with Gasteiger partial charge in [-0.05, 0) is 78.0 Å². The second kappa shape index (κ2) is 10.8. The number of nitrogens with one attached hydrogen (secondary N) is 2. The van der Waals surface area contributed by atoms with E-state index in [0.29, 0.717) is 12.2 Å². The number of rotatable bonds is 7. The molecular weight excluding hydrogens is 384 g/mol. The van der Waals surface area contributed by atoms with E-state index >= 15 is 0 Å². The van der Waals surface area contributed by atoms with E-state index in [0.717, 1.165) is 19.3 Å². The molecule has 164 valence electrons. The van der Waals surface area contributed by atoms with Crippen molar-refractivity contribution in [3.63, 3.8) is 0 Å². The van der Waals surface area contributed by atoms with Crippen LogP contribution in [0.25, 0.3) is 0 Å². The van der Waals surface area contributed by atoms with Crippen LogP contribution in [0, 0.1) is 0 Å². The van der Waals surface area contributed by atoms with Gasteiger partial charge in [0.1, 0.15) is 5.60 Å². The lowest BCUT2D eigenvalue weighted by Crippen LogP contribution is -2.36. The van der Waals surface area contributed by atoms with Crippen molar-refractivity contribution >= 4 is 23.7 Å². The van der Waals surface area contributed by atoms with E-state index in [4.69, 9.17) is 9.47 Å². The Balaban J connectivity index is 1.83. The topological polar surface area (TPSA) is 93.7 Å². The van der Waals surface area contributed by atoms with Crippen LogP contribution in [-0.4, -0.2) is 36.2 Å². The molecule has 30 heavy (non-hydrogen) atoms. The van der Waals surface area contributed by atoms with Gasteiger partial charge in [-0.25, -0.2) is 9.59 Å². The largest absolute Gasteiger partial charge is 0.449 e. The molecule has 0 saturated carbocycles. The highest BCUT2D eigenvalue weighted by molar-refractivity contribution is 5.94. The predicted molar refractivity (Wildman–Crippen MR) is 115 cm³/mol. The van der Waals surface area contributed by atoms with Crippen LogP contribution < -0.4 is 10.6 Å². The molecule has 1 aliphatic rings. The standard InChI is InChI=1S/C23H32N2O5/c1-16(20(26)24-14-13-17-9-6-5-7-10-17)29-21(27)18-11-8-12-19(15-18)25-22(28)30-23(2,3)4/h8-9,11-12,15-16H,5-7,10,13-14H2,1-4H3,(H,24,26)(H,25,28)/t16-/m1/s1. The maximum absolute atomic E-state index is 12.4. The molecule has 0 radical (unpaired) electrons. The number of benzene rings is 1. The van der Waals surface area contributed by atoms with Crippen molar-refractivity contribution in [3.05, 3.63) is 41.5 Å². The van der Waals surface area contributed by atoms with Crippen molar-refractivity contribution in [1.29, 1.82) is 0 Å². The van der Waals surface area contributed by atoms with E-state index in [1.165, 1.54) is 31.4 Å². The molecular formula is C23H32N2O5. The molecule has 7 nitrogen and oxygen atoms in total. The third-order valence-corrected chi connectivity index (χ3v) is 4.53. The normalized spacial score (nSPS) is 14.9. The van der Waals surface area contributed by atoms with Gasteiger partial charge in [-0.3, -0.25) is 10.1 Å². The van der Waals surface area contributed by atoms with Crippen LogP contribution in [0.1, 0.15) is 70.2 Å². The molecule has 2 amide bonds. The van der Waals surface area contributed by atoms with Gasteiger partial charge in [0.25, 0.3) is 5.91 Å². The highest BCUT2D eigenvalue weighted by atomic mass is 16.6. The van der Waals surface area contributed by atoms with E-state index in [9.17, 15) is 14.4 Å². The minimum atomic E-state index is -0.916. The molecule has 2 N–H and O–H groups in total. The summed E-state index contributed by atoms with van der Waals surface area (Å²) in [6, 6.07) is 6.29. The molecule has 0 saturated heterocycles. The Morgan fingerprint density at radius 3 is 2.60 bits per heavy atom. The molecule has 0 heterocycles. The number of carbonyl (C=O) groups is 3.